The molecule has 9 heteroatoms. The Bertz CT molecular complexity index is 821. The number of alkyl halides is 3. The molecule has 0 N–H and O–H groups in total. The summed E-state index contributed by atoms with van der Waals surface area (Å²) in [6.07, 6.45) is 0.102. The monoisotopic (exact) mass is 341 g/mol. The molecular weight excluding hydrogens is 330 g/mol. The topological polar surface area (TPSA) is 49.2 Å². The van der Waals surface area contributed by atoms with Gasteiger partial charge in [0.15, 0.2) is 5.69 Å². The van der Waals surface area contributed by atoms with E-state index in [2.05, 4.69) is 10.1 Å². The van der Waals surface area contributed by atoms with E-state index in [-0.39, 0.29) is 23.4 Å². The van der Waals surface area contributed by atoms with E-state index in [1.54, 1.807) is 0 Å². The van der Waals surface area contributed by atoms with Gasteiger partial charge in [-0.3, -0.25) is 0 Å². The molecule has 1 aliphatic carbocycles. The lowest BCUT2D eigenvalue weighted by molar-refractivity contribution is -0.165. The number of aromatic nitrogens is 3. The summed E-state index contributed by atoms with van der Waals surface area (Å²) in [5.41, 5.74) is -0.742. The average Bonchev–Trinajstić information content (AvgIpc) is 3.13. The molecule has 2 aromatic heterocycles. The van der Waals surface area contributed by atoms with E-state index in [0.29, 0.717) is 12.8 Å². The molecule has 1 aliphatic heterocycles. The van der Waals surface area contributed by atoms with Crippen LogP contribution in [0.3, 0.4) is 0 Å². The van der Waals surface area contributed by atoms with Gasteiger partial charge in [-0.1, -0.05) is 0 Å². The Hall–Kier alpha value is -2.58. The van der Waals surface area contributed by atoms with E-state index in [1.807, 2.05) is 0 Å². The van der Waals surface area contributed by atoms with Gasteiger partial charge < -0.3 is 9.47 Å². The molecule has 0 aromatic carbocycles. The maximum atomic E-state index is 13.4. The third kappa shape index (κ3) is 2.15. The molecule has 126 valence electrons. The molecule has 0 saturated carbocycles. The van der Waals surface area contributed by atoms with E-state index >= 15 is 0 Å². The zero-order valence-electron chi connectivity index (χ0n) is 12.2. The van der Waals surface area contributed by atoms with Gasteiger partial charge in [0.2, 0.25) is 5.95 Å². The summed E-state index contributed by atoms with van der Waals surface area (Å²) in [4.78, 5) is 3.42. The highest BCUT2D eigenvalue weighted by atomic mass is 19.4. The number of halogens is 4. The van der Waals surface area contributed by atoms with Crippen LogP contribution in [0.25, 0.3) is 5.69 Å². The average molecular weight is 341 g/mol. The van der Waals surface area contributed by atoms with Gasteiger partial charge in [0.05, 0.1) is 5.69 Å². The van der Waals surface area contributed by atoms with E-state index < -0.39 is 23.6 Å². The van der Waals surface area contributed by atoms with E-state index in [1.165, 1.54) is 18.6 Å². The predicted octanol–water partition coefficient (Wildman–Crippen LogP) is 3.43. The van der Waals surface area contributed by atoms with Crippen LogP contribution in [0.4, 0.5) is 17.6 Å². The van der Waals surface area contributed by atoms with Crippen LogP contribution in [0.1, 0.15) is 29.8 Å². The maximum Gasteiger partial charge on any atom is 0.435 e. The third-order valence-electron chi connectivity index (χ3n) is 4.07. The van der Waals surface area contributed by atoms with E-state index in [4.69, 9.17) is 9.47 Å². The summed E-state index contributed by atoms with van der Waals surface area (Å²) < 4.78 is 65.7. The molecule has 3 heterocycles. The van der Waals surface area contributed by atoms with Crippen molar-refractivity contribution in [2.45, 2.75) is 31.2 Å². The van der Waals surface area contributed by atoms with Gasteiger partial charge in [-0.05, 0) is 18.9 Å². The quantitative estimate of drug-likeness (QED) is 0.589. The molecule has 2 aliphatic rings. The van der Waals surface area contributed by atoms with Crippen molar-refractivity contribution in [3.05, 3.63) is 53.8 Å². The minimum atomic E-state index is -4.63. The van der Waals surface area contributed by atoms with Crippen LogP contribution in [0.15, 0.2) is 30.9 Å². The van der Waals surface area contributed by atoms with Gasteiger partial charge in [-0.25, -0.2) is 9.67 Å². The number of pyridine rings is 1. The Labute approximate surface area is 133 Å². The maximum absolute atomic E-state index is 13.4. The SMILES string of the molecule is Fc1cc(-n2nc(C(F)(F)F)c3c2C2(CCC3)OC=CO2)ccn1. The van der Waals surface area contributed by atoms with Gasteiger partial charge in [0, 0.05) is 24.2 Å². The van der Waals surface area contributed by atoms with Gasteiger partial charge >= 0.3 is 6.18 Å². The van der Waals surface area contributed by atoms with Gasteiger partial charge in [0.1, 0.15) is 18.2 Å². The molecule has 0 amide bonds. The summed E-state index contributed by atoms with van der Waals surface area (Å²) in [7, 11) is 0. The van der Waals surface area contributed by atoms with Crippen LogP contribution in [0.5, 0.6) is 0 Å². The largest absolute Gasteiger partial charge is 0.451 e. The van der Waals surface area contributed by atoms with Crippen molar-refractivity contribution in [2.24, 2.45) is 0 Å². The fraction of sp³-hybridized carbons (Fsp3) is 0.333. The van der Waals surface area contributed by atoms with Crippen LogP contribution >= 0.6 is 0 Å². The van der Waals surface area contributed by atoms with Crippen LogP contribution in [-0.4, -0.2) is 14.8 Å². The molecule has 0 fully saturated rings. The van der Waals surface area contributed by atoms with Gasteiger partial charge in [-0.2, -0.15) is 22.7 Å². The first-order chi connectivity index (χ1) is 11.4. The normalized spacial score (nSPS) is 18.3. The first-order valence-corrected chi connectivity index (χ1v) is 7.23. The zero-order valence-corrected chi connectivity index (χ0v) is 12.2. The highest BCUT2D eigenvalue weighted by molar-refractivity contribution is 5.42. The Morgan fingerprint density at radius 2 is 1.96 bits per heavy atom. The van der Waals surface area contributed by atoms with Crippen molar-refractivity contribution in [2.75, 3.05) is 0 Å². The Morgan fingerprint density at radius 3 is 2.62 bits per heavy atom. The molecule has 5 nitrogen and oxygen atoms in total. The lowest BCUT2D eigenvalue weighted by atomic mass is 9.90. The van der Waals surface area contributed by atoms with E-state index in [0.717, 1.165) is 16.9 Å². The second kappa shape index (κ2) is 4.96. The first-order valence-electron chi connectivity index (χ1n) is 7.23. The number of rotatable bonds is 1. The van der Waals surface area contributed by atoms with Crippen molar-refractivity contribution >= 4 is 0 Å². The minimum Gasteiger partial charge on any atom is -0.451 e. The number of nitrogens with zero attached hydrogens (tertiary/aromatic N) is 3. The van der Waals surface area contributed by atoms with Crippen molar-refractivity contribution in [1.82, 2.24) is 14.8 Å². The molecule has 24 heavy (non-hydrogen) atoms. The molecule has 4 rings (SSSR count). The number of fused-ring (bicyclic) bond motifs is 2. The van der Waals surface area contributed by atoms with Gasteiger partial charge in [-0.15, -0.1) is 0 Å². The standard InChI is InChI=1S/C15H11F4N3O2/c16-11-8-9(3-5-20-11)22-13-10(12(21-22)15(17,18)19)2-1-4-14(13)23-6-7-24-14/h3,5-8H,1-2,4H2. The highest BCUT2D eigenvalue weighted by Crippen LogP contribution is 2.47. The fourth-order valence-electron chi connectivity index (χ4n) is 3.17. The molecule has 0 bridgehead atoms. The van der Waals surface area contributed by atoms with Crippen molar-refractivity contribution in [1.29, 1.82) is 0 Å². The molecule has 2 aromatic rings. The summed E-state index contributed by atoms with van der Waals surface area (Å²) in [5.74, 6) is -2.19. The molecule has 0 radical (unpaired) electrons. The van der Waals surface area contributed by atoms with Crippen LogP contribution in [0.2, 0.25) is 0 Å². The fourth-order valence-corrected chi connectivity index (χ4v) is 3.17. The highest BCUT2D eigenvalue weighted by Gasteiger charge is 2.50. The molecule has 1 spiro atoms. The number of ether oxygens (including phenoxy) is 2. The molecule has 0 unspecified atom stereocenters. The zero-order chi connectivity index (χ0) is 16.9. The predicted molar refractivity (Wildman–Crippen MR) is 72.2 cm³/mol. The molecular formula is C15H11F4N3O2. The number of hydrogen-bond donors (Lipinski definition) is 0. The summed E-state index contributed by atoms with van der Waals surface area (Å²) in [6.45, 7) is 0. The van der Waals surface area contributed by atoms with Gasteiger partial charge in [0.25, 0.3) is 5.79 Å². The molecule has 0 saturated heterocycles. The Kier molecular flexibility index (Phi) is 3.09. The Morgan fingerprint density at radius 1 is 1.21 bits per heavy atom. The second-order valence-electron chi connectivity index (χ2n) is 5.54. The lowest BCUT2D eigenvalue weighted by Gasteiger charge is -2.32. The second-order valence-corrected chi connectivity index (χ2v) is 5.54. The first kappa shape index (κ1) is 15.0. The van der Waals surface area contributed by atoms with Crippen molar-refractivity contribution in [3.8, 4) is 5.69 Å². The minimum absolute atomic E-state index is 0.00895. The van der Waals surface area contributed by atoms with E-state index in [9.17, 15) is 17.6 Å². The van der Waals surface area contributed by atoms with Crippen LogP contribution < -0.4 is 0 Å². The summed E-state index contributed by atoms with van der Waals surface area (Å²) in [5, 5.41) is 3.70. The summed E-state index contributed by atoms with van der Waals surface area (Å²) >= 11 is 0. The van der Waals surface area contributed by atoms with Crippen LogP contribution in [0, 0.1) is 5.95 Å². The lowest BCUT2D eigenvalue weighted by Crippen LogP contribution is -2.34. The van der Waals surface area contributed by atoms with Crippen LogP contribution in [-0.2, 0) is 27.9 Å². The molecule has 0 atom stereocenters. The smallest absolute Gasteiger partial charge is 0.435 e. The Balaban J connectivity index is 1.98. The third-order valence-corrected chi connectivity index (χ3v) is 4.07. The summed E-state index contributed by atoms with van der Waals surface area (Å²) in [6, 6.07) is 2.39. The number of hydrogen-bond acceptors (Lipinski definition) is 4. The van der Waals surface area contributed by atoms with Crippen molar-refractivity contribution in [3.63, 3.8) is 0 Å². The van der Waals surface area contributed by atoms with Crippen molar-refractivity contribution < 1.29 is 27.0 Å².